The molecule has 3 N–H and O–H groups in total. The van der Waals surface area contributed by atoms with Crippen molar-refractivity contribution in [2.24, 2.45) is 23.5 Å². The normalized spacial score (nSPS) is 32.6. The van der Waals surface area contributed by atoms with Gasteiger partial charge in [0.2, 0.25) is 5.91 Å². The highest BCUT2D eigenvalue weighted by Crippen LogP contribution is 2.48. The molecule has 102 valence electrons. The molecule has 0 radical (unpaired) electrons. The Morgan fingerprint density at radius 2 is 1.89 bits per heavy atom. The molecule has 0 aromatic carbocycles. The number of halogens is 2. The van der Waals surface area contributed by atoms with Crippen molar-refractivity contribution in [2.75, 3.05) is 5.32 Å². The molecule has 7 heteroatoms. The SMILES string of the molecule is NC1C2CCC(C2)C1C(=O)Nc1c(Cl)ncnc1Cl. The van der Waals surface area contributed by atoms with E-state index in [1.807, 2.05) is 0 Å². The zero-order valence-corrected chi connectivity index (χ0v) is 11.7. The standard InChI is InChI=1S/C12H14Cl2N4O/c13-10-9(11(14)17-4-16-10)18-12(19)7-5-1-2-6(3-5)8(7)15/h4-8H,1-3,15H2,(H,18,19). The van der Waals surface area contributed by atoms with Gasteiger partial charge in [0.25, 0.3) is 0 Å². The van der Waals surface area contributed by atoms with Gasteiger partial charge in [-0.2, -0.15) is 0 Å². The quantitative estimate of drug-likeness (QED) is 0.820. The molecule has 5 nitrogen and oxygen atoms in total. The van der Waals surface area contributed by atoms with Crippen LogP contribution in [-0.4, -0.2) is 21.9 Å². The van der Waals surface area contributed by atoms with E-state index in [1.165, 1.54) is 6.33 Å². The molecule has 1 aromatic rings. The van der Waals surface area contributed by atoms with E-state index in [0.717, 1.165) is 19.3 Å². The summed E-state index contributed by atoms with van der Waals surface area (Å²) in [4.78, 5) is 20.0. The summed E-state index contributed by atoms with van der Waals surface area (Å²) in [5, 5.41) is 3.02. The van der Waals surface area contributed by atoms with E-state index in [-0.39, 0.29) is 33.9 Å². The predicted molar refractivity (Wildman–Crippen MR) is 73.0 cm³/mol. The van der Waals surface area contributed by atoms with Gasteiger partial charge in [0, 0.05) is 6.04 Å². The maximum Gasteiger partial charge on any atom is 0.229 e. The van der Waals surface area contributed by atoms with Gasteiger partial charge < -0.3 is 11.1 Å². The Bertz CT molecular complexity index is 502. The third-order valence-electron chi connectivity index (χ3n) is 4.29. The molecule has 3 rings (SSSR count). The molecule has 0 saturated heterocycles. The van der Waals surface area contributed by atoms with E-state index in [2.05, 4.69) is 15.3 Å². The van der Waals surface area contributed by atoms with Crippen LogP contribution in [0.2, 0.25) is 10.3 Å². The van der Waals surface area contributed by atoms with E-state index < -0.39 is 0 Å². The van der Waals surface area contributed by atoms with Crippen molar-refractivity contribution in [3.8, 4) is 0 Å². The Hall–Kier alpha value is -0.910. The lowest BCUT2D eigenvalue weighted by molar-refractivity contribution is -0.121. The average molecular weight is 301 g/mol. The Morgan fingerprint density at radius 3 is 2.47 bits per heavy atom. The van der Waals surface area contributed by atoms with Crippen LogP contribution >= 0.6 is 23.2 Å². The minimum Gasteiger partial charge on any atom is -0.327 e. The van der Waals surface area contributed by atoms with Crippen LogP contribution in [0.25, 0.3) is 0 Å². The first-order valence-electron chi connectivity index (χ1n) is 6.30. The van der Waals surface area contributed by atoms with E-state index in [9.17, 15) is 4.79 Å². The molecule has 4 unspecified atom stereocenters. The Morgan fingerprint density at radius 1 is 1.26 bits per heavy atom. The molecule has 2 aliphatic rings. The second kappa shape index (κ2) is 4.89. The third-order valence-corrected chi connectivity index (χ3v) is 4.86. The highest BCUT2D eigenvalue weighted by molar-refractivity contribution is 6.38. The van der Waals surface area contributed by atoms with Gasteiger partial charge in [-0.05, 0) is 31.1 Å². The summed E-state index contributed by atoms with van der Waals surface area (Å²) in [5.41, 5.74) is 6.41. The molecule has 4 atom stereocenters. The summed E-state index contributed by atoms with van der Waals surface area (Å²) in [6, 6.07) is -0.0686. The summed E-state index contributed by atoms with van der Waals surface area (Å²) >= 11 is 11.8. The number of fused-ring (bicyclic) bond motifs is 2. The zero-order chi connectivity index (χ0) is 13.6. The van der Waals surface area contributed by atoms with Crippen molar-refractivity contribution in [3.63, 3.8) is 0 Å². The van der Waals surface area contributed by atoms with Crippen LogP contribution in [0.15, 0.2) is 6.33 Å². The first-order valence-corrected chi connectivity index (χ1v) is 7.06. The Balaban J connectivity index is 1.79. The van der Waals surface area contributed by atoms with E-state index >= 15 is 0 Å². The first-order chi connectivity index (χ1) is 9.08. The minimum absolute atomic E-state index is 0.0686. The maximum absolute atomic E-state index is 12.4. The van der Waals surface area contributed by atoms with Crippen LogP contribution < -0.4 is 11.1 Å². The predicted octanol–water partition coefficient (Wildman–Crippen LogP) is 2.10. The largest absolute Gasteiger partial charge is 0.327 e. The number of hydrogen-bond donors (Lipinski definition) is 2. The summed E-state index contributed by atoms with van der Waals surface area (Å²) in [5.74, 6) is 0.560. The smallest absolute Gasteiger partial charge is 0.229 e. The van der Waals surface area contributed by atoms with Crippen molar-refractivity contribution in [2.45, 2.75) is 25.3 Å². The number of hydrogen-bond acceptors (Lipinski definition) is 4. The van der Waals surface area contributed by atoms with Gasteiger partial charge in [-0.1, -0.05) is 23.2 Å². The molecule has 0 aliphatic heterocycles. The third kappa shape index (κ3) is 2.20. The number of carbonyl (C=O) groups is 1. The van der Waals surface area contributed by atoms with Crippen LogP contribution in [0.1, 0.15) is 19.3 Å². The zero-order valence-electron chi connectivity index (χ0n) is 10.1. The molecule has 0 spiro atoms. The van der Waals surface area contributed by atoms with Crippen LogP contribution in [0.3, 0.4) is 0 Å². The fourth-order valence-electron chi connectivity index (χ4n) is 3.38. The highest BCUT2D eigenvalue weighted by atomic mass is 35.5. The fourth-order valence-corrected chi connectivity index (χ4v) is 3.79. The maximum atomic E-state index is 12.4. The molecule has 2 fully saturated rings. The van der Waals surface area contributed by atoms with Gasteiger partial charge >= 0.3 is 0 Å². The lowest BCUT2D eigenvalue weighted by Crippen LogP contribution is -2.42. The monoisotopic (exact) mass is 300 g/mol. The van der Waals surface area contributed by atoms with Gasteiger partial charge in [0.1, 0.15) is 12.0 Å². The number of rotatable bonds is 2. The van der Waals surface area contributed by atoms with Gasteiger partial charge in [-0.15, -0.1) is 0 Å². The van der Waals surface area contributed by atoms with Crippen LogP contribution in [0.5, 0.6) is 0 Å². The summed E-state index contributed by atoms with van der Waals surface area (Å²) < 4.78 is 0. The summed E-state index contributed by atoms with van der Waals surface area (Å²) in [6.07, 6.45) is 4.50. The number of carbonyl (C=O) groups excluding carboxylic acids is 1. The lowest BCUT2D eigenvalue weighted by atomic mass is 9.84. The number of aromatic nitrogens is 2. The van der Waals surface area contributed by atoms with Crippen LogP contribution in [-0.2, 0) is 4.79 Å². The molecule has 1 aromatic heterocycles. The second-order valence-electron chi connectivity index (χ2n) is 5.26. The molecular formula is C12H14Cl2N4O. The van der Waals surface area contributed by atoms with Gasteiger partial charge in [0.15, 0.2) is 10.3 Å². The Kier molecular flexibility index (Phi) is 3.37. The minimum atomic E-state index is -0.161. The van der Waals surface area contributed by atoms with E-state index in [1.54, 1.807) is 0 Å². The van der Waals surface area contributed by atoms with Crippen molar-refractivity contribution < 1.29 is 4.79 Å². The van der Waals surface area contributed by atoms with Crippen molar-refractivity contribution in [3.05, 3.63) is 16.6 Å². The first kappa shape index (κ1) is 13.1. The van der Waals surface area contributed by atoms with Crippen molar-refractivity contribution >= 4 is 34.8 Å². The van der Waals surface area contributed by atoms with E-state index in [0.29, 0.717) is 11.8 Å². The van der Waals surface area contributed by atoms with Gasteiger partial charge in [-0.25, -0.2) is 9.97 Å². The molecular weight excluding hydrogens is 287 g/mol. The van der Waals surface area contributed by atoms with Crippen molar-refractivity contribution in [1.29, 1.82) is 0 Å². The van der Waals surface area contributed by atoms with Crippen LogP contribution in [0, 0.1) is 17.8 Å². The molecule has 2 saturated carbocycles. The number of amides is 1. The summed E-state index contributed by atoms with van der Waals surface area (Å²) in [6.45, 7) is 0. The molecule has 1 amide bonds. The Labute approximate surface area is 120 Å². The molecule has 2 aliphatic carbocycles. The average Bonchev–Trinajstić information content (AvgIpc) is 2.94. The second-order valence-corrected chi connectivity index (χ2v) is 5.97. The van der Waals surface area contributed by atoms with Crippen LogP contribution in [0.4, 0.5) is 5.69 Å². The van der Waals surface area contributed by atoms with Gasteiger partial charge in [0.05, 0.1) is 5.92 Å². The van der Waals surface area contributed by atoms with Gasteiger partial charge in [-0.3, -0.25) is 4.79 Å². The molecule has 2 bridgehead atoms. The number of nitrogens with two attached hydrogens (primary N) is 1. The topological polar surface area (TPSA) is 80.9 Å². The number of nitrogens with one attached hydrogen (secondary N) is 1. The number of nitrogens with zero attached hydrogens (tertiary/aromatic N) is 2. The molecule has 1 heterocycles. The highest BCUT2D eigenvalue weighted by Gasteiger charge is 2.49. The van der Waals surface area contributed by atoms with E-state index in [4.69, 9.17) is 28.9 Å². The molecule has 19 heavy (non-hydrogen) atoms. The fraction of sp³-hybridized carbons (Fsp3) is 0.583. The summed E-state index contributed by atoms with van der Waals surface area (Å²) in [7, 11) is 0. The number of anilines is 1. The van der Waals surface area contributed by atoms with Crippen molar-refractivity contribution in [1.82, 2.24) is 9.97 Å². The lowest BCUT2D eigenvalue weighted by Gasteiger charge is -2.27.